The van der Waals surface area contributed by atoms with Crippen molar-refractivity contribution in [2.45, 2.75) is 6.92 Å². The molecule has 2 aromatic carbocycles. The lowest BCUT2D eigenvalue weighted by Crippen LogP contribution is -2.68. The van der Waals surface area contributed by atoms with Crippen LogP contribution in [0.1, 0.15) is 5.56 Å². The first-order valence-corrected chi connectivity index (χ1v) is 11.1. The maximum Gasteiger partial charge on any atom is 0.282 e. The Morgan fingerprint density at radius 2 is 1.40 bits per heavy atom. The summed E-state index contributed by atoms with van der Waals surface area (Å²) in [7, 11) is -1.00. The monoisotopic (exact) mass is 466 g/mol. The minimum absolute atomic E-state index is 0.738. The van der Waals surface area contributed by atoms with Crippen LogP contribution in [-0.4, -0.2) is 25.0 Å². The predicted molar refractivity (Wildman–Crippen MR) is 109 cm³/mol. The molecule has 1 aromatic heterocycles. The van der Waals surface area contributed by atoms with Crippen LogP contribution < -0.4 is 23.3 Å². The van der Waals surface area contributed by atoms with Crippen LogP contribution in [0.5, 0.6) is 0 Å². The highest BCUT2D eigenvalue weighted by Gasteiger charge is 2.08. The second kappa shape index (κ2) is 10.8. The molecule has 30 heavy (non-hydrogen) atoms. The van der Waals surface area contributed by atoms with E-state index >= 15 is 0 Å². The Bertz CT molecular complexity index is 1060. The average molecular weight is 467 g/mol. The smallest absolute Gasteiger partial charge is 0.270 e. The fraction of sp³-hybridized carbons (Fsp3) is 0.143. The quantitative estimate of drug-likeness (QED) is 0.317. The molecule has 0 atom stereocenters. The molecule has 9 heteroatoms. The zero-order valence-corrected chi connectivity index (χ0v) is 18.9. The second-order valence-corrected chi connectivity index (χ2v) is 8.70. The maximum absolute atomic E-state index is 8.49. The standard InChI is InChI=1S/C21H20ClN2S.ClHO4/c1-15-4-6-17(7-5-15)20-13-12-19(16-8-10-18(22)11-9-16)21(25-20)23-14-24(2)3;2-1(3,4)5/h4-14H,1-3H3;(H,2,3,4,5)/q+1;/p-1. The van der Waals surface area contributed by atoms with E-state index in [9.17, 15) is 0 Å². The molecule has 0 amide bonds. The molecule has 0 fully saturated rings. The molecule has 3 aromatic rings. The van der Waals surface area contributed by atoms with Gasteiger partial charge in [-0.2, -0.15) is 0 Å². The molecule has 1 heterocycles. The molecular formula is C21H20Cl2N2O4S. The lowest BCUT2D eigenvalue weighted by atomic mass is 10.1. The van der Waals surface area contributed by atoms with Gasteiger partial charge in [-0.3, -0.25) is 4.58 Å². The van der Waals surface area contributed by atoms with Crippen molar-refractivity contribution in [3.8, 4) is 21.6 Å². The second-order valence-electron chi connectivity index (χ2n) is 6.48. The van der Waals surface area contributed by atoms with E-state index in [-0.39, 0.29) is 0 Å². The van der Waals surface area contributed by atoms with Gasteiger partial charge in [0.15, 0.2) is 0 Å². The molecule has 0 saturated carbocycles. The number of aryl methyl sites for hydroxylation is 1. The van der Waals surface area contributed by atoms with Gasteiger partial charge in [-0.1, -0.05) is 64.9 Å². The summed E-state index contributed by atoms with van der Waals surface area (Å²) in [6.45, 7) is 2.10. The van der Waals surface area contributed by atoms with Gasteiger partial charge in [0.05, 0.1) is 14.1 Å². The van der Waals surface area contributed by atoms with Crippen LogP contribution in [-0.2, 0) is 0 Å². The Labute approximate surface area is 186 Å². The number of halogens is 2. The molecule has 158 valence electrons. The third-order valence-electron chi connectivity index (χ3n) is 3.74. The fourth-order valence-corrected chi connectivity index (χ4v) is 3.53. The molecule has 0 aliphatic heterocycles. The van der Waals surface area contributed by atoms with Crippen molar-refractivity contribution in [1.82, 2.24) is 0 Å². The van der Waals surface area contributed by atoms with Crippen LogP contribution in [0.2, 0.25) is 5.02 Å². The Morgan fingerprint density at radius 1 is 0.867 bits per heavy atom. The van der Waals surface area contributed by atoms with Crippen molar-refractivity contribution in [3.05, 3.63) is 75.9 Å². The molecule has 0 unspecified atom stereocenters. The van der Waals surface area contributed by atoms with Crippen LogP contribution in [0, 0.1) is 17.2 Å². The first kappa shape index (κ1) is 24.2. The predicted octanol–water partition coefficient (Wildman–Crippen LogP) is 0.489. The summed E-state index contributed by atoms with van der Waals surface area (Å²) in [6, 6.07) is 20.8. The Kier molecular flexibility index (Phi) is 8.69. The summed E-state index contributed by atoms with van der Waals surface area (Å²) in [5, 5.41) is 0.738. The highest BCUT2D eigenvalue weighted by Crippen LogP contribution is 2.26. The zero-order chi connectivity index (χ0) is 22.3. The van der Waals surface area contributed by atoms with Crippen LogP contribution in [0.15, 0.2) is 65.7 Å². The zero-order valence-electron chi connectivity index (χ0n) is 16.5. The number of benzene rings is 2. The van der Waals surface area contributed by atoms with Gasteiger partial charge in [0.25, 0.3) is 6.34 Å². The van der Waals surface area contributed by atoms with E-state index in [2.05, 4.69) is 43.3 Å². The largest absolute Gasteiger partial charge is 0.282 e. The van der Waals surface area contributed by atoms with Crippen molar-refractivity contribution in [3.63, 3.8) is 0 Å². The van der Waals surface area contributed by atoms with Crippen molar-refractivity contribution >= 4 is 29.3 Å². The van der Waals surface area contributed by atoms with Gasteiger partial charge in [-0.05, 0) is 47.3 Å². The Balaban J connectivity index is 0.000000575. The van der Waals surface area contributed by atoms with Crippen molar-refractivity contribution in [2.75, 3.05) is 14.1 Å². The summed E-state index contributed by atoms with van der Waals surface area (Å²) in [6.07, 6.45) is 1.84. The van der Waals surface area contributed by atoms with Gasteiger partial charge in [0.2, 0.25) is 4.67 Å². The molecule has 3 rings (SSSR count). The maximum atomic E-state index is 8.49. The van der Waals surface area contributed by atoms with Crippen LogP contribution in [0.4, 0.5) is 0 Å². The normalized spacial score (nSPS) is 11.5. The fourth-order valence-electron chi connectivity index (χ4n) is 2.41. The first-order valence-electron chi connectivity index (χ1n) is 8.65. The van der Waals surface area contributed by atoms with Gasteiger partial charge in [-0.15, -0.1) is 10.2 Å². The van der Waals surface area contributed by atoms with Crippen LogP contribution in [0.3, 0.4) is 0 Å². The van der Waals surface area contributed by atoms with Crippen molar-refractivity contribution < 1.29 is 33.5 Å². The van der Waals surface area contributed by atoms with Crippen molar-refractivity contribution in [2.24, 2.45) is 4.99 Å². The summed E-state index contributed by atoms with van der Waals surface area (Å²) >= 11 is 7.72. The number of hydrogen-bond donors (Lipinski definition) is 0. The molecule has 0 bridgehead atoms. The third-order valence-corrected chi connectivity index (χ3v) is 5.10. The topological polar surface area (TPSA) is 108 Å². The van der Waals surface area contributed by atoms with E-state index in [1.165, 1.54) is 16.0 Å². The minimum Gasteiger partial charge on any atom is -0.270 e. The molecule has 0 saturated heterocycles. The van der Waals surface area contributed by atoms with Gasteiger partial charge in [0, 0.05) is 15.5 Å². The Morgan fingerprint density at radius 3 is 1.93 bits per heavy atom. The lowest BCUT2D eigenvalue weighted by molar-refractivity contribution is -2.00. The molecule has 0 spiro atoms. The minimum atomic E-state index is -4.94. The molecule has 0 N–H and O–H groups in total. The van der Waals surface area contributed by atoms with E-state index in [1.54, 1.807) is 11.3 Å². The van der Waals surface area contributed by atoms with Gasteiger partial charge < -0.3 is 0 Å². The SMILES string of the molecule is Cc1ccc(-c2ccc(-c3ccc(Cl)cc3)c(=NC=[N+](C)C)s2)cc1.[O-][Cl+3]([O-])([O-])[O-]. The van der Waals surface area contributed by atoms with Crippen LogP contribution in [0.25, 0.3) is 21.6 Å². The van der Waals surface area contributed by atoms with Gasteiger partial charge in [-0.25, -0.2) is 18.6 Å². The van der Waals surface area contributed by atoms with E-state index in [1.807, 2.05) is 49.3 Å². The Hall–Kier alpha value is -2.10. The molecular weight excluding hydrogens is 447 g/mol. The lowest BCUT2D eigenvalue weighted by Gasteiger charge is -2.17. The number of nitrogens with zero attached hydrogens (tertiary/aromatic N) is 2. The average Bonchev–Trinajstić information content (AvgIpc) is 2.66. The summed E-state index contributed by atoms with van der Waals surface area (Å²) < 4.78 is 36.9. The number of hydrogen-bond acceptors (Lipinski definition) is 5. The number of rotatable bonds is 3. The van der Waals surface area contributed by atoms with Crippen LogP contribution >= 0.6 is 22.9 Å². The molecule has 0 aliphatic rings. The highest BCUT2D eigenvalue weighted by molar-refractivity contribution is 7.13. The molecule has 0 radical (unpaired) electrons. The van der Waals surface area contributed by atoms with Crippen molar-refractivity contribution in [1.29, 1.82) is 0 Å². The first-order chi connectivity index (χ1) is 14.0. The van der Waals surface area contributed by atoms with Gasteiger partial charge >= 0.3 is 0 Å². The van der Waals surface area contributed by atoms with E-state index in [0.29, 0.717) is 0 Å². The van der Waals surface area contributed by atoms with E-state index in [4.69, 9.17) is 35.2 Å². The summed E-state index contributed by atoms with van der Waals surface area (Å²) in [5.41, 5.74) is 4.69. The highest BCUT2D eigenvalue weighted by atomic mass is 35.7. The summed E-state index contributed by atoms with van der Waals surface area (Å²) in [5.74, 6) is 0. The summed E-state index contributed by atoms with van der Waals surface area (Å²) in [4.78, 5) is 5.89. The molecule has 0 aliphatic carbocycles. The van der Waals surface area contributed by atoms with E-state index < -0.39 is 10.2 Å². The third kappa shape index (κ3) is 8.33. The molecule has 6 nitrogen and oxygen atoms in total. The van der Waals surface area contributed by atoms with E-state index in [0.717, 1.165) is 20.8 Å². The van der Waals surface area contributed by atoms with Gasteiger partial charge in [0.1, 0.15) is 0 Å².